The van der Waals surface area contributed by atoms with Gasteiger partial charge in [-0.25, -0.2) is 12.8 Å². The maximum atomic E-state index is 13.1. The maximum absolute atomic E-state index is 13.1. The monoisotopic (exact) mass is 331 g/mol. The molecule has 1 aromatic heterocycles. The van der Waals surface area contributed by atoms with Gasteiger partial charge in [-0.05, 0) is 35.9 Å². The summed E-state index contributed by atoms with van der Waals surface area (Å²) in [5.74, 6) is 0.0115. The van der Waals surface area contributed by atoms with Crippen LogP contribution in [0.15, 0.2) is 52.3 Å². The van der Waals surface area contributed by atoms with Crippen LogP contribution >= 0.6 is 0 Å². The Balaban J connectivity index is 2.30. The maximum Gasteiger partial charge on any atom is 0.176 e. The molecule has 0 bridgehead atoms. The van der Waals surface area contributed by atoms with E-state index >= 15 is 0 Å². The first-order chi connectivity index (χ1) is 10.8. The van der Waals surface area contributed by atoms with Crippen molar-refractivity contribution in [2.75, 3.05) is 12.0 Å². The number of rotatable bonds is 3. The van der Waals surface area contributed by atoms with Gasteiger partial charge in [0.05, 0.1) is 10.6 Å². The molecule has 0 amide bonds. The van der Waals surface area contributed by atoms with Crippen LogP contribution < -0.4 is 5.73 Å². The molecule has 0 aliphatic heterocycles. The highest BCUT2D eigenvalue weighted by atomic mass is 32.2. The van der Waals surface area contributed by atoms with Crippen LogP contribution in [0.2, 0.25) is 0 Å². The molecule has 0 atom stereocenters. The van der Waals surface area contributed by atoms with E-state index in [1.54, 1.807) is 18.2 Å². The Hall–Kier alpha value is -2.60. The molecule has 6 heteroatoms. The lowest BCUT2D eigenvalue weighted by Crippen LogP contribution is -1.99. The molecule has 3 aromatic rings. The zero-order valence-electron chi connectivity index (χ0n) is 12.3. The van der Waals surface area contributed by atoms with Crippen LogP contribution in [0, 0.1) is 5.82 Å². The summed E-state index contributed by atoms with van der Waals surface area (Å²) in [5.41, 5.74) is 7.91. The number of hydrogen-bond donors (Lipinski definition) is 1. The van der Waals surface area contributed by atoms with Gasteiger partial charge >= 0.3 is 0 Å². The summed E-state index contributed by atoms with van der Waals surface area (Å²) in [5, 5.41) is 0.589. The molecule has 3 rings (SSSR count). The fourth-order valence-electron chi connectivity index (χ4n) is 2.46. The summed E-state index contributed by atoms with van der Waals surface area (Å²) in [7, 11) is -3.43. The van der Waals surface area contributed by atoms with Gasteiger partial charge in [-0.3, -0.25) is 0 Å². The van der Waals surface area contributed by atoms with E-state index in [1.807, 2.05) is 0 Å². The van der Waals surface area contributed by atoms with Crippen molar-refractivity contribution in [2.24, 2.45) is 0 Å². The van der Waals surface area contributed by atoms with Gasteiger partial charge in [-0.1, -0.05) is 12.7 Å². The van der Waals surface area contributed by atoms with E-state index in [0.29, 0.717) is 33.5 Å². The number of furan rings is 1. The molecular formula is C17H14FNO3S. The minimum absolute atomic E-state index is 0.124. The molecule has 0 saturated heterocycles. The lowest BCUT2D eigenvalue weighted by molar-refractivity contribution is 0.600. The molecule has 0 fully saturated rings. The molecule has 2 aromatic carbocycles. The second-order valence-electron chi connectivity index (χ2n) is 5.21. The molecule has 0 unspecified atom stereocenters. The SMILES string of the molecule is C=Cc1cc2c(N)c(-c3ccc(F)cc3)oc2cc1S(C)(=O)=O. The van der Waals surface area contributed by atoms with Crippen LogP contribution in [0.4, 0.5) is 10.1 Å². The summed E-state index contributed by atoms with van der Waals surface area (Å²) >= 11 is 0. The van der Waals surface area contributed by atoms with E-state index in [-0.39, 0.29) is 10.7 Å². The summed E-state index contributed by atoms with van der Waals surface area (Å²) in [4.78, 5) is 0.124. The molecule has 118 valence electrons. The Morgan fingerprint density at radius 2 is 1.87 bits per heavy atom. The van der Waals surface area contributed by atoms with E-state index in [9.17, 15) is 12.8 Å². The van der Waals surface area contributed by atoms with Gasteiger partial charge in [-0.15, -0.1) is 0 Å². The van der Waals surface area contributed by atoms with Crippen LogP contribution in [0.5, 0.6) is 0 Å². The van der Waals surface area contributed by atoms with Crippen molar-refractivity contribution in [1.29, 1.82) is 0 Å². The van der Waals surface area contributed by atoms with Crippen LogP contribution in [0.3, 0.4) is 0 Å². The smallest absolute Gasteiger partial charge is 0.176 e. The molecule has 2 N–H and O–H groups in total. The van der Waals surface area contributed by atoms with Crippen LogP contribution in [-0.4, -0.2) is 14.7 Å². The topological polar surface area (TPSA) is 73.3 Å². The van der Waals surface area contributed by atoms with Crippen molar-refractivity contribution in [3.05, 3.63) is 54.4 Å². The third-order valence-corrected chi connectivity index (χ3v) is 4.74. The number of nitrogens with two attached hydrogens (primary N) is 1. The normalized spacial score (nSPS) is 11.7. The predicted octanol–water partition coefficient (Wildman–Crippen LogP) is 3.87. The number of hydrogen-bond acceptors (Lipinski definition) is 4. The first-order valence-corrected chi connectivity index (χ1v) is 8.65. The van der Waals surface area contributed by atoms with Gasteiger partial charge in [-0.2, -0.15) is 0 Å². The second kappa shape index (κ2) is 5.24. The van der Waals surface area contributed by atoms with Gasteiger partial charge in [0, 0.05) is 23.3 Å². The number of halogens is 1. The Bertz CT molecular complexity index is 1020. The number of nitrogen functional groups attached to an aromatic ring is 1. The Labute approximate surface area is 133 Å². The Morgan fingerprint density at radius 1 is 1.22 bits per heavy atom. The van der Waals surface area contributed by atoms with Crippen LogP contribution in [-0.2, 0) is 9.84 Å². The minimum Gasteiger partial charge on any atom is -0.454 e. The third-order valence-electron chi connectivity index (χ3n) is 3.58. The molecule has 4 nitrogen and oxygen atoms in total. The van der Waals surface area contributed by atoms with Crippen molar-refractivity contribution >= 4 is 32.6 Å². The van der Waals surface area contributed by atoms with Crippen molar-refractivity contribution in [3.63, 3.8) is 0 Å². The van der Waals surface area contributed by atoms with Crippen molar-refractivity contribution in [3.8, 4) is 11.3 Å². The fraction of sp³-hybridized carbons (Fsp3) is 0.0588. The molecule has 0 saturated carbocycles. The number of sulfone groups is 1. The van der Waals surface area contributed by atoms with Gasteiger partial charge < -0.3 is 10.2 Å². The first kappa shape index (κ1) is 15.3. The van der Waals surface area contributed by atoms with Gasteiger partial charge in [0.15, 0.2) is 15.6 Å². The molecule has 0 spiro atoms. The number of fused-ring (bicyclic) bond motifs is 1. The largest absolute Gasteiger partial charge is 0.454 e. The third kappa shape index (κ3) is 2.61. The van der Waals surface area contributed by atoms with Gasteiger partial charge in [0.25, 0.3) is 0 Å². The first-order valence-electron chi connectivity index (χ1n) is 6.75. The summed E-state index contributed by atoms with van der Waals surface area (Å²) in [6, 6.07) is 8.78. The van der Waals surface area contributed by atoms with E-state index in [4.69, 9.17) is 10.2 Å². The highest BCUT2D eigenvalue weighted by molar-refractivity contribution is 7.90. The second-order valence-corrected chi connectivity index (χ2v) is 7.20. The average molecular weight is 331 g/mol. The lowest BCUT2D eigenvalue weighted by Gasteiger charge is -2.03. The zero-order chi connectivity index (χ0) is 16.8. The quantitative estimate of drug-likeness (QED) is 0.791. The number of benzene rings is 2. The van der Waals surface area contributed by atoms with Gasteiger partial charge in [0.2, 0.25) is 0 Å². The van der Waals surface area contributed by atoms with E-state index in [1.165, 1.54) is 24.3 Å². The molecule has 0 aliphatic carbocycles. The van der Waals surface area contributed by atoms with Crippen molar-refractivity contribution in [1.82, 2.24) is 0 Å². The number of anilines is 1. The van der Waals surface area contributed by atoms with E-state index < -0.39 is 9.84 Å². The van der Waals surface area contributed by atoms with Crippen LogP contribution in [0.25, 0.3) is 28.4 Å². The summed E-state index contributed by atoms with van der Waals surface area (Å²) in [6.07, 6.45) is 2.58. The Morgan fingerprint density at radius 3 is 2.43 bits per heavy atom. The summed E-state index contributed by atoms with van der Waals surface area (Å²) in [6.45, 7) is 3.64. The molecular weight excluding hydrogens is 317 g/mol. The highest BCUT2D eigenvalue weighted by Crippen LogP contribution is 2.38. The van der Waals surface area contributed by atoms with Crippen molar-refractivity contribution in [2.45, 2.75) is 4.90 Å². The zero-order valence-corrected chi connectivity index (χ0v) is 13.2. The van der Waals surface area contributed by atoms with Crippen LogP contribution in [0.1, 0.15) is 5.56 Å². The molecule has 0 radical (unpaired) electrons. The Kier molecular flexibility index (Phi) is 3.49. The van der Waals surface area contributed by atoms with E-state index in [0.717, 1.165) is 6.26 Å². The molecule has 23 heavy (non-hydrogen) atoms. The minimum atomic E-state index is -3.43. The fourth-order valence-corrected chi connectivity index (χ4v) is 3.35. The summed E-state index contributed by atoms with van der Waals surface area (Å²) < 4.78 is 42.6. The predicted molar refractivity (Wildman–Crippen MR) is 89.2 cm³/mol. The van der Waals surface area contributed by atoms with Crippen molar-refractivity contribution < 1.29 is 17.2 Å². The molecule has 0 aliphatic rings. The average Bonchev–Trinajstić information content (AvgIpc) is 2.82. The lowest BCUT2D eigenvalue weighted by atomic mass is 10.1. The standard InChI is InChI=1S/C17H14FNO3S/c1-3-10-8-13-14(9-15(10)23(2,20)21)22-17(16(13)19)11-4-6-12(18)7-5-11/h3-9H,1,19H2,2H3. The van der Waals surface area contributed by atoms with Gasteiger partial charge in [0.1, 0.15) is 11.4 Å². The van der Waals surface area contributed by atoms with E-state index in [2.05, 4.69) is 6.58 Å². The molecule has 1 heterocycles. The highest BCUT2D eigenvalue weighted by Gasteiger charge is 2.19.